The second-order valence-electron chi connectivity index (χ2n) is 8.58. The summed E-state index contributed by atoms with van der Waals surface area (Å²) in [6.45, 7) is 4.34. The third-order valence-corrected chi connectivity index (χ3v) is 7.39. The summed E-state index contributed by atoms with van der Waals surface area (Å²) < 4.78 is 17.7. The van der Waals surface area contributed by atoms with Crippen LogP contribution in [0.5, 0.6) is 17.2 Å². The molecule has 0 aromatic heterocycles. The molecule has 41 heavy (non-hydrogen) atoms. The maximum absolute atomic E-state index is 13.1. The zero-order valence-electron chi connectivity index (χ0n) is 22.3. The van der Waals surface area contributed by atoms with Crippen LogP contribution >= 0.6 is 27.7 Å². The van der Waals surface area contributed by atoms with Crippen molar-refractivity contribution in [3.05, 3.63) is 86.7 Å². The summed E-state index contributed by atoms with van der Waals surface area (Å²) in [4.78, 5) is 39.3. The molecule has 9 nitrogen and oxygen atoms in total. The molecule has 3 aromatic carbocycles. The summed E-state index contributed by atoms with van der Waals surface area (Å²) in [5, 5.41) is 11.5. The molecule has 1 heterocycles. The molecule has 11 heteroatoms. The van der Waals surface area contributed by atoms with Gasteiger partial charge in [0.2, 0.25) is 5.91 Å². The van der Waals surface area contributed by atoms with Crippen LogP contribution in [0.1, 0.15) is 30.5 Å². The van der Waals surface area contributed by atoms with Gasteiger partial charge >= 0.3 is 0 Å². The third-order valence-electron chi connectivity index (χ3n) is 5.79. The van der Waals surface area contributed by atoms with Gasteiger partial charge in [0, 0.05) is 15.7 Å². The average Bonchev–Trinajstić information content (AvgIpc) is 3.22. The molecule has 0 atom stereocenters. The fraction of sp³-hybridized carbons (Fsp3) is 0.200. The molecule has 1 N–H and O–H groups in total. The molecule has 0 unspecified atom stereocenters. The van der Waals surface area contributed by atoms with Crippen molar-refractivity contribution >= 4 is 56.5 Å². The molecule has 3 aromatic rings. The lowest BCUT2D eigenvalue weighted by atomic mass is 10.1. The summed E-state index contributed by atoms with van der Waals surface area (Å²) in [6.07, 6.45) is 1.57. The summed E-state index contributed by atoms with van der Waals surface area (Å²) in [5.41, 5.74) is 2.36. The van der Waals surface area contributed by atoms with E-state index in [1.807, 2.05) is 26.0 Å². The zero-order chi connectivity index (χ0) is 29.4. The molecule has 210 valence electrons. The van der Waals surface area contributed by atoms with Gasteiger partial charge in [-0.1, -0.05) is 34.1 Å². The van der Waals surface area contributed by atoms with E-state index in [1.54, 1.807) is 54.6 Å². The minimum absolute atomic E-state index is 0.160. The number of anilines is 1. The second-order valence-corrected chi connectivity index (χ2v) is 10.4. The lowest BCUT2D eigenvalue weighted by molar-refractivity contribution is -0.127. The van der Waals surface area contributed by atoms with Gasteiger partial charge in [0.05, 0.1) is 29.8 Å². The predicted octanol–water partition coefficient (Wildman–Crippen LogP) is 6.37. The van der Waals surface area contributed by atoms with E-state index in [-0.39, 0.29) is 11.5 Å². The Balaban J connectivity index is 1.47. The number of halogens is 1. The number of carbonyl (C=O) groups is 3. The molecular weight excluding hydrogens is 610 g/mol. The van der Waals surface area contributed by atoms with Gasteiger partial charge in [-0.15, -0.1) is 0 Å². The Kier molecular flexibility index (Phi) is 10.1. The van der Waals surface area contributed by atoms with Crippen LogP contribution in [0.15, 0.2) is 70.0 Å². The van der Waals surface area contributed by atoms with Gasteiger partial charge in [-0.2, -0.15) is 5.26 Å². The van der Waals surface area contributed by atoms with Gasteiger partial charge < -0.3 is 19.5 Å². The number of hydrogen-bond donors (Lipinski definition) is 1. The van der Waals surface area contributed by atoms with E-state index in [0.29, 0.717) is 51.7 Å². The van der Waals surface area contributed by atoms with Gasteiger partial charge in [-0.25, -0.2) is 0 Å². The van der Waals surface area contributed by atoms with E-state index in [2.05, 4.69) is 27.3 Å². The van der Waals surface area contributed by atoms with Crippen molar-refractivity contribution < 1.29 is 28.6 Å². The molecule has 1 aliphatic rings. The zero-order valence-corrected chi connectivity index (χ0v) is 24.7. The highest BCUT2D eigenvalue weighted by molar-refractivity contribution is 9.10. The standard InChI is InChI=1S/C30H26BrN3O6S/c1-3-38-23-11-9-22(10-12-23)33-28(35)17-34-29(36)27(41-30(34)37)14-21-13-25(39-4-2)26(15-24(21)31)40-18-20-8-6-5-7-19(20)16-32/h5-15H,3-4,17-18H2,1-2H3,(H,33,35)/b27-14+. The van der Waals surface area contributed by atoms with Gasteiger partial charge in [0.1, 0.15) is 18.9 Å². The van der Waals surface area contributed by atoms with Crippen LogP contribution in [0.3, 0.4) is 0 Å². The second kappa shape index (κ2) is 13.9. The smallest absolute Gasteiger partial charge is 0.294 e. The quantitative estimate of drug-likeness (QED) is 0.241. The number of nitriles is 1. The number of carbonyl (C=O) groups excluding carboxylic acids is 3. The van der Waals surface area contributed by atoms with Crippen LogP contribution < -0.4 is 19.5 Å². The Morgan fingerprint density at radius 3 is 2.44 bits per heavy atom. The normalized spacial score (nSPS) is 13.7. The fourth-order valence-corrected chi connectivity index (χ4v) is 5.14. The Hall–Kier alpha value is -4.27. The van der Waals surface area contributed by atoms with Crippen molar-refractivity contribution in [1.29, 1.82) is 5.26 Å². The van der Waals surface area contributed by atoms with E-state index in [4.69, 9.17) is 14.2 Å². The first kappa shape index (κ1) is 29.7. The molecule has 1 aliphatic heterocycles. The molecular formula is C30H26BrN3O6S. The van der Waals surface area contributed by atoms with Crippen molar-refractivity contribution in [1.82, 2.24) is 4.90 Å². The highest BCUT2D eigenvalue weighted by atomic mass is 79.9. The van der Waals surface area contributed by atoms with Crippen molar-refractivity contribution in [3.63, 3.8) is 0 Å². The fourth-order valence-electron chi connectivity index (χ4n) is 3.88. The Labute approximate surface area is 250 Å². The molecule has 4 rings (SSSR count). The number of rotatable bonds is 11. The van der Waals surface area contributed by atoms with E-state index >= 15 is 0 Å². The van der Waals surface area contributed by atoms with Crippen molar-refractivity contribution in [2.75, 3.05) is 25.1 Å². The van der Waals surface area contributed by atoms with Crippen LogP contribution in [-0.2, 0) is 16.2 Å². The lowest BCUT2D eigenvalue weighted by Gasteiger charge is -2.15. The summed E-state index contributed by atoms with van der Waals surface area (Å²) in [6, 6.07) is 19.5. The Morgan fingerprint density at radius 1 is 1.02 bits per heavy atom. The third kappa shape index (κ3) is 7.48. The first-order valence-corrected chi connectivity index (χ1v) is 14.3. The SMILES string of the molecule is CCOc1ccc(NC(=O)CN2C(=O)S/C(=C/c3cc(OCC)c(OCc4ccccc4C#N)cc3Br)C2=O)cc1. The number of thioether (sulfide) groups is 1. The highest BCUT2D eigenvalue weighted by Gasteiger charge is 2.36. The molecule has 3 amide bonds. The topological polar surface area (TPSA) is 118 Å². The number of nitrogens with zero attached hydrogens (tertiary/aromatic N) is 2. The molecule has 1 fully saturated rings. The van der Waals surface area contributed by atoms with E-state index < -0.39 is 23.6 Å². The molecule has 0 bridgehead atoms. The minimum Gasteiger partial charge on any atom is -0.494 e. The van der Waals surface area contributed by atoms with Crippen LogP contribution in [0.4, 0.5) is 10.5 Å². The monoisotopic (exact) mass is 635 g/mol. The summed E-state index contributed by atoms with van der Waals surface area (Å²) in [7, 11) is 0. The predicted molar refractivity (Wildman–Crippen MR) is 160 cm³/mol. The summed E-state index contributed by atoms with van der Waals surface area (Å²) >= 11 is 4.27. The van der Waals surface area contributed by atoms with Crippen LogP contribution in [0, 0.1) is 11.3 Å². The maximum atomic E-state index is 13.1. The lowest BCUT2D eigenvalue weighted by Crippen LogP contribution is -2.36. The molecule has 0 saturated carbocycles. The first-order chi connectivity index (χ1) is 19.8. The van der Waals surface area contributed by atoms with E-state index in [9.17, 15) is 19.6 Å². The number of benzene rings is 3. The van der Waals surface area contributed by atoms with Crippen LogP contribution in [0.25, 0.3) is 6.08 Å². The number of imide groups is 1. The van der Waals surface area contributed by atoms with Gasteiger partial charge in [0.15, 0.2) is 11.5 Å². The number of ether oxygens (including phenoxy) is 3. The number of amides is 3. The average molecular weight is 637 g/mol. The van der Waals surface area contributed by atoms with Crippen molar-refractivity contribution in [3.8, 4) is 23.3 Å². The van der Waals surface area contributed by atoms with Crippen molar-refractivity contribution in [2.45, 2.75) is 20.5 Å². The largest absolute Gasteiger partial charge is 0.494 e. The van der Waals surface area contributed by atoms with Gasteiger partial charge in [-0.05, 0) is 79.7 Å². The molecule has 0 spiro atoms. The number of hydrogen-bond acceptors (Lipinski definition) is 8. The molecule has 0 radical (unpaired) electrons. The van der Waals surface area contributed by atoms with Crippen LogP contribution in [0.2, 0.25) is 0 Å². The Morgan fingerprint density at radius 2 is 1.73 bits per heavy atom. The van der Waals surface area contributed by atoms with E-state index in [1.165, 1.54) is 0 Å². The Bertz CT molecular complexity index is 1530. The summed E-state index contributed by atoms with van der Waals surface area (Å²) in [5.74, 6) is 0.481. The van der Waals surface area contributed by atoms with Crippen LogP contribution in [-0.4, -0.2) is 41.7 Å². The van der Waals surface area contributed by atoms with E-state index in [0.717, 1.165) is 22.2 Å². The van der Waals surface area contributed by atoms with Gasteiger partial charge in [0.25, 0.3) is 11.1 Å². The highest BCUT2D eigenvalue weighted by Crippen LogP contribution is 2.38. The number of nitrogens with one attached hydrogen (secondary N) is 1. The maximum Gasteiger partial charge on any atom is 0.294 e. The van der Waals surface area contributed by atoms with Crippen molar-refractivity contribution in [2.24, 2.45) is 0 Å². The molecule has 1 saturated heterocycles. The van der Waals surface area contributed by atoms with Gasteiger partial charge in [-0.3, -0.25) is 19.3 Å². The minimum atomic E-state index is -0.569. The molecule has 0 aliphatic carbocycles. The first-order valence-electron chi connectivity index (χ1n) is 12.7.